The van der Waals surface area contributed by atoms with Crippen LogP contribution in [0.25, 0.3) is 15.9 Å². The Labute approximate surface area is 197 Å². The minimum atomic E-state index is -0.129. The van der Waals surface area contributed by atoms with Gasteiger partial charge in [0, 0.05) is 18.0 Å². The molecule has 0 radical (unpaired) electrons. The monoisotopic (exact) mass is 463 g/mol. The predicted octanol–water partition coefficient (Wildman–Crippen LogP) is 4.82. The number of fused-ring (bicyclic) bond motifs is 3. The molecule has 1 aliphatic carbocycles. The number of piperidine rings is 1. The van der Waals surface area contributed by atoms with Crippen LogP contribution >= 0.6 is 11.3 Å². The van der Waals surface area contributed by atoms with Gasteiger partial charge in [0.1, 0.15) is 22.9 Å². The summed E-state index contributed by atoms with van der Waals surface area (Å²) in [4.78, 5) is 33.6. The molecule has 3 aromatic rings. The highest BCUT2D eigenvalue weighted by atomic mass is 32.1. The molecule has 3 aliphatic rings. The Kier molecular flexibility index (Phi) is 5.34. The van der Waals surface area contributed by atoms with Gasteiger partial charge in [-0.15, -0.1) is 11.3 Å². The number of rotatable bonds is 5. The van der Waals surface area contributed by atoms with Gasteiger partial charge >= 0.3 is 0 Å². The van der Waals surface area contributed by atoms with E-state index >= 15 is 0 Å². The van der Waals surface area contributed by atoms with E-state index in [1.807, 2.05) is 24.3 Å². The number of ketones is 1. The maximum absolute atomic E-state index is 13.2. The Hall–Kier alpha value is -2.51. The van der Waals surface area contributed by atoms with Crippen molar-refractivity contribution >= 4 is 27.3 Å². The maximum Gasteiger partial charge on any atom is 0.275 e. The van der Waals surface area contributed by atoms with E-state index in [-0.39, 0.29) is 23.4 Å². The number of carbonyl (C=O) groups is 1. The highest BCUT2D eigenvalue weighted by Gasteiger charge is 2.39. The largest absolute Gasteiger partial charge is 0.490 e. The first-order valence-electron chi connectivity index (χ1n) is 12.1. The summed E-state index contributed by atoms with van der Waals surface area (Å²) >= 11 is 1.29. The fraction of sp³-hybridized carbons (Fsp3) is 0.500. The van der Waals surface area contributed by atoms with Crippen LogP contribution in [-0.2, 0) is 0 Å². The van der Waals surface area contributed by atoms with Gasteiger partial charge in [0.2, 0.25) is 0 Å². The maximum atomic E-state index is 13.2. The van der Waals surface area contributed by atoms with Crippen LogP contribution in [0, 0.1) is 5.92 Å². The van der Waals surface area contributed by atoms with Crippen molar-refractivity contribution in [2.24, 2.45) is 5.92 Å². The number of nitrogens with zero attached hydrogens (tertiary/aromatic N) is 3. The molecule has 172 valence electrons. The Balaban J connectivity index is 1.21. The Morgan fingerprint density at radius 3 is 2.45 bits per heavy atom. The second-order valence-electron chi connectivity index (χ2n) is 9.85. The summed E-state index contributed by atoms with van der Waals surface area (Å²) in [6, 6.07) is 10.8. The van der Waals surface area contributed by atoms with Gasteiger partial charge in [-0.3, -0.25) is 14.2 Å². The van der Waals surface area contributed by atoms with Crippen molar-refractivity contribution in [3.63, 3.8) is 0 Å². The zero-order valence-corrected chi connectivity index (χ0v) is 19.7. The quantitative estimate of drug-likeness (QED) is 0.508. The van der Waals surface area contributed by atoms with Crippen molar-refractivity contribution in [1.82, 2.24) is 14.5 Å². The zero-order valence-electron chi connectivity index (χ0n) is 18.9. The third kappa shape index (κ3) is 3.81. The molecular formula is C26H29N3O3S. The highest BCUT2D eigenvalue weighted by molar-refractivity contribution is 7.20. The molecule has 1 aromatic carbocycles. The number of hydrogen-bond acceptors (Lipinski definition) is 6. The van der Waals surface area contributed by atoms with E-state index in [4.69, 9.17) is 4.74 Å². The third-order valence-corrected chi connectivity index (χ3v) is 9.01. The van der Waals surface area contributed by atoms with Gasteiger partial charge in [-0.2, -0.15) is 0 Å². The molecular weight excluding hydrogens is 434 g/mol. The number of benzene rings is 1. The minimum Gasteiger partial charge on any atom is -0.490 e. The van der Waals surface area contributed by atoms with E-state index in [2.05, 4.69) is 16.9 Å². The summed E-state index contributed by atoms with van der Waals surface area (Å²) in [5.74, 6) is 1.12. The van der Waals surface area contributed by atoms with Crippen molar-refractivity contribution in [3.05, 3.63) is 51.9 Å². The molecule has 0 unspecified atom stereocenters. The Morgan fingerprint density at radius 2 is 1.76 bits per heavy atom. The van der Waals surface area contributed by atoms with Crippen molar-refractivity contribution in [1.29, 1.82) is 0 Å². The van der Waals surface area contributed by atoms with Crippen LogP contribution in [0.2, 0.25) is 0 Å². The van der Waals surface area contributed by atoms with Gasteiger partial charge in [0.25, 0.3) is 5.56 Å². The fourth-order valence-electron chi connectivity index (χ4n) is 5.94. The lowest BCUT2D eigenvalue weighted by atomic mass is 10.0. The molecule has 2 bridgehead atoms. The number of aromatic nitrogens is 2. The summed E-state index contributed by atoms with van der Waals surface area (Å²) in [6.07, 6.45) is 10.7. The molecule has 1 saturated carbocycles. The molecule has 2 aliphatic heterocycles. The lowest BCUT2D eigenvalue weighted by Crippen LogP contribution is -2.43. The lowest BCUT2D eigenvalue weighted by Gasteiger charge is -2.36. The molecule has 6 nitrogen and oxygen atoms in total. The Bertz CT molecular complexity index is 1230. The molecule has 0 N–H and O–H groups in total. The van der Waals surface area contributed by atoms with Gasteiger partial charge in [-0.1, -0.05) is 12.8 Å². The molecule has 0 amide bonds. The van der Waals surface area contributed by atoms with Crippen LogP contribution in [0.5, 0.6) is 5.75 Å². The molecule has 3 fully saturated rings. The van der Waals surface area contributed by atoms with Crippen LogP contribution < -0.4 is 10.3 Å². The van der Waals surface area contributed by atoms with E-state index in [0.717, 1.165) is 50.0 Å². The normalized spacial score (nSPS) is 25.7. The number of ether oxygens (including phenoxy) is 1. The molecule has 3 atom stereocenters. The highest BCUT2D eigenvalue weighted by Crippen LogP contribution is 2.36. The van der Waals surface area contributed by atoms with E-state index < -0.39 is 0 Å². The van der Waals surface area contributed by atoms with Crippen LogP contribution in [0.4, 0.5) is 0 Å². The second-order valence-corrected chi connectivity index (χ2v) is 10.9. The van der Waals surface area contributed by atoms with Crippen molar-refractivity contribution in [2.45, 2.75) is 69.6 Å². The first-order chi connectivity index (χ1) is 16.1. The van der Waals surface area contributed by atoms with Crippen LogP contribution in [0.3, 0.4) is 0 Å². The van der Waals surface area contributed by atoms with Gasteiger partial charge in [0.05, 0.1) is 16.1 Å². The van der Waals surface area contributed by atoms with E-state index in [1.165, 1.54) is 24.2 Å². The SMILES string of the molecule is CN1[C@@H]2CC[C@H]1C[C@H](Oc1ccc(-n3cnc4cc(C(=O)C5CCCC5)sc4c3=O)cc1)C2. The number of thiophene rings is 1. The first kappa shape index (κ1) is 21.1. The summed E-state index contributed by atoms with van der Waals surface area (Å²) < 4.78 is 8.39. The average Bonchev–Trinajstić information content (AvgIpc) is 3.54. The summed E-state index contributed by atoms with van der Waals surface area (Å²) in [5.41, 5.74) is 1.23. The van der Waals surface area contributed by atoms with Crippen molar-refractivity contribution in [2.75, 3.05) is 7.05 Å². The predicted molar refractivity (Wildman–Crippen MR) is 130 cm³/mol. The molecule has 0 spiro atoms. The molecule has 4 heterocycles. The van der Waals surface area contributed by atoms with Crippen LogP contribution in [0.1, 0.15) is 61.0 Å². The number of hydrogen-bond donors (Lipinski definition) is 0. The van der Waals surface area contributed by atoms with Crippen LogP contribution in [-0.4, -0.2) is 45.5 Å². The van der Waals surface area contributed by atoms with Crippen LogP contribution in [0.15, 0.2) is 41.5 Å². The van der Waals surface area contributed by atoms with Crippen molar-refractivity contribution < 1.29 is 9.53 Å². The van der Waals surface area contributed by atoms with Gasteiger partial charge in [-0.05, 0) is 75.9 Å². The third-order valence-electron chi connectivity index (χ3n) is 7.88. The second kappa shape index (κ2) is 8.37. The fourth-order valence-corrected chi connectivity index (χ4v) is 7.00. The van der Waals surface area contributed by atoms with E-state index in [9.17, 15) is 9.59 Å². The first-order valence-corrected chi connectivity index (χ1v) is 12.9. The van der Waals surface area contributed by atoms with Gasteiger partial charge < -0.3 is 9.64 Å². The molecule has 2 saturated heterocycles. The van der Waals surface area contributed by atoms with E-state index in [0.29, 0.717) is 27.2 Å². The molecule has 33 heavy (non-hydrogen) atoms. The molecule has 7 heteroatoms. The number of Topliss-reactive ketones (excluding diaryl/α,β-unsaturated/α-hetero) is 1. The average molecular weight is 464 g/mol. The molecule has 6 rings (SSSR count). The standard InChI is InChI=1S/C26H29N3O3S/c1-28-18-6-7-19(28)13-21(12-18)32-20-10-8-17(9-11-20)29-15-27-22-14-23(33-25(22)26(29)31)24(30)16-4-2-3-5-16/h8-11,14-16,18-19,21H,2-7,12-13H2,1H3/t18-,19+,21-. The summed E-state index contributed by atoms with van der Waals surface area (Å²) in [7, 11) is 2.23. The van der Waals surface area contributed by atoms with Crippen molar-refractivity contribution in [3.8, 4) is 11.4 Å². The van der Waals surface area contributed by atoms with Gasteiger partial charge in [-0.25, -0.2) is 4.98 Å². The summed E-state index contributed by atoms with van der Waals surface area (Å²) in [5, 5.41) is 0. The number of carbonyl (C=O) groups excluding carboxylic acids is 1. The topological polar surface area (TPSA) is 64.4 Å². The van der Waals surface area contributed by atoms with Gasteiger partial charge in [0.15, 0.2) is 5.78 Å². The summed E-state index contributed by atoms with van der Waals surface area (Å²) in [6.45, 7) is 0. The zero-order chi connectivity index (χ0) is 22.5. The minimum absolute atomic E-state index is 0.104. The smallest absolute Gasteiger partial charge is 0.275 e. The lowest BCUT2D eigenvalue weighted by molar-refractivity contribution is 0.0661. The Morgan fingerprint density at radius 1 is 1.06 bits per heavy atom. The molecule has 2 aromatic heterocycles. The van der Waals surface area contributed by atoms with E-state index in [1.54, 1.807) is 17.0 Å².